The molecule has 0 aliphatic heterocycles. The van der Waals surface area contributed by atoms with Crippen molar-refractivity contribution in [3.05, 3.63) is 41.5 Å². The number of allylic oxidation sites excluding steroid dienone is 2. The quantitative estimate of drug-likeness (QED) is 0.877. The second-order valence-corrected chi connectivity index (χ2v) is 6.83. The fraction of sp³-hybridized carbons (Fsp3) is 0.500. The van der Waals surface area contributed by atoms with Crippen LogP contribution in [0.3, 0.4) is 0 Å². The molecule has 0 aromatic heterocycles. The van der Waals surface area contributed by atoms with E-state index in [0.717, 1.165) is 24.3 Å². The third kappa shape index (κ3) is 3.72. The highest BCUT2D eigenvalue weighted by Crippen LogP contribution is 2.39. The van der Waals surface area contributed by atoms with Crippen LogP contribution in [0.4, 0.5) is 0 Å². The summed E-state index contributed by atoms with van der Waals surface area (Å²) in [4.78, 5) is 10.7. The van der Waals surface area contributed by atoms with Crippen LogP contribution in [0, 0.1) is 11.3 Å². The first-order chi connectivity index (χ1) is 9.36. The van der Waals surface area contributed by atoms with Gasteiger partial charge in [0.1, 0.15) is 0 Å². The van der Waals surface area contributed by atoms with Crippen LogP contribution in [0.2, 0.25) is 0 Å². The average molecular weight is 272 g/mol. The molecule has 1 aromatic carbocycles. The van der Waals surface area contributed by atoms with Crippen LogP contribution in [-0.4, -0.2) is 11.1 Å². The molecule has 1 atom stereocenters. The van der Waals surface area contributed by atoms with Crippen LogP contribution in [0.25, 0.3) is 5.57 Å². The largest absolute Gasteiger partial charge is 0.481 e. The van der Waals surface area contributed by atoms with E-state index >= 15 is 0 Å². The fourth-order valence-electron chi connectivity index (χ4n) is 2.89. The van der Waals surface area contributed by atoms with Gasteiger partial charge in [-0.2, -0.15) is 0 Å². The Kier molecular flexibility index (Phi) is 4.32. The van der Waals surface area contributed by atoms with Gasteiger partial charge in [0.2, 0.25) is 0 Å². The van der Waals surface area contributed by atoms with E-state index < -0.39 is 5.97 Å². The Morgan fingerprint density at radius 3 is 2.35 bits per heavy atom. The third-order valence-electron chi connectivity index (χ3n) is 4.32. The number of hydrogen-bond donors (Lipinski definition) is 1. The molecular weight excluding hydrogens is 248 g/mol. The van der Waals surface area contributed by atoms with Gasteiger partial charge in [-0.15, -0.1) is 0 Å². The van der Waals surface area contributed by atoms with E-state index in [0.29, 0.717) is 5.41 Å². The van der Waals surface area contributed by atoms with E-state index in [4.69, 9.17) is 5.11 Å². The summed E-state index contributed by atoms with van der Waals surface area (Å²) in [7, 11) is 0. The molecule has 0 bridgehead atoms. The molecule has 2 heteroatoms. The molecule has 0 saturated carbocycles. The first-order valence-electron chi connectivity index (χ1n) is 7.36. The molecule has 1 aromatic rings. The molecule has 1 aliphatic rings. The third-order valence-corrected chi connectivity index (χ3v) is 4.32. The Hall–Kier alpha value is -1.57. The number of carboxylic acids is 1. The van der Waals surface area contributed by atoms with Gasteiger partial charge in [0, 0.05) is 0 Å². The maximum absolute atomic E-state index is 10.7. The van der Waals surface area contributed by atoms with Gasteiger partial charge in [-0.3, -0.25) is 4.79 Å². The fourth-order valence-corrected chi connectivity index (χ4v) is 2.89. The van der Waals surface area contributed by atoms with Crippen molar-refractivity contribution in [2.45, 2.75) is 46.5 Å². The van der Waals surface area contributed by atoms with Crippen LogP contribution in [-0.2, 0) is 11.2 Å². The molecule has 20 heavy (non-hydrogen) atoms. The number of carbonyl (C=O) groups is 1. The maximum Gasteiger partial charge on any atom is 0.307 e. The number of aliphatic carboxylic acids is 1. The van der Waals surface area contributed by atoms with Crippen molar-refractivity contribution >= 4 is 11.5 Å². The standard InChI is InChI=1S/C18H24O2/c1-18(2,3)16-10-8-15(9-11-16)14-6-4-13(5-7-14)12-17(19)20/h4-8,16H,9-12H2,1-3H3,(H,19,20)/t16-/m0/s1. The summed E-state index contributed by atoms with van der Waals surface area (Å²) in [5.74, 6) is -0.0137. The van der Waals surface area contributed by atoms with Crippen LogP contribution >= 0.6 is 0 Å². The zero-order valence-corrected chi connectivity index (χ0v) is 12.6. The monoisotopic (exact) mass is 272 g/mol. The highest BCUT2D eigenvalue weighted by atomic mass is 16.4. The molecule has 0 fully saturated rings. The zero-order chi connectivity index (χ0) is 14.8. The lowest BCUT2D eigenvalue weighted by molar-refractivity contribution is -0.136. The van der Waals surface area contributed by atoms with Crippen LogP contribution in [0.15, 0.2) is 30.3 Å². The summed E-state index contributed by atoms with van der Waals surface area (Å²) in [6, 6.07) is 7.98. The van der Waals surface area contributed by atoms with Crippen molar-refractivity contribution in [3.63, 3.8) is 0 Å². The van der Waals surface area contributed by atoms with E-state index in [1.165, 1.54) is 17.6 Å². The van der Waals surface area contributed by atoms with Gasteiger partial charge in [0.25, 0.3) is 0 Å². The van der Waals surface area contributed by atoms with E-state index in [2.05, 4.69) is 39.0 Å². The highest BCUT2D eigenvalue weighted by molar-refractivity contribution is 5.71. The van der Waals surface area contributed by atoms with Gasteiger partial charge in [0.15, 0.2) is 0 Å². The van der Waals surface area contributed by atoms with Crippen molar-refractivity contribution in [3.8, 4) is 0 Å². The Labute approximate surface area is 121 Å². The Balaban J connectivity index is 2.06. The van der Waals surface area contributed by atoms with Crippen molar-refractivity contribution in [2.75, 3.05) is 0 Å². The first kappa shape index (κ1) is 14.8. The van der Waals surface area contributed by atoms with Gasteiger partial charge < -0.3 is 5.11 Å². The lowest BCUT2D eigenvalue weighted by atomic mass is 9.72. The Bertz CT molecular complexity index is 503. The molecule has 0 radical (unpaired) electrons. The summed E-state index contributed by atoms with van der Waals surface area (Å²) < 4.78 is 0. The minimum absolute atomic E-state index is 0.103. The number of benzene rings is 1. The lowest BCUT2D eigenvalue weighted by Gasteiger charge is -2.33. The predicted octanol–water partition coefficient (Wildman–Crippen LogP) is 4.54. The van der Waals surface area contributed by atoms with Crippen LogP contribution < -0.4 is 0 Å². The zero-order valence-electron chi connectivity index (χ0n) is 12.6. The number of carboxylic acid groups (broad SMARTS) is 1. The summed E-state index contributed by atoms with van der Waals surface area (Å²) in [6.45, 7) is 6.95. The van der Waals surface area contributed by atoms with Crippen molar-refractivity contribution in [1.29, 1.82) is 0 Å². The van der Waals surface area contributed by atoms with E-state index in [1.807, 2.05) is 12.1 Å². The maximum atomic E-state index is 10.7. The lowest BCUT2D eigenvalue weighted by Crippen LogP contribution is -2.21. The van der Waals surface area contributed by atoms with Gasteiger partial charge in [-0.05, 0) is 47.3 Å². The number of rotatable bonds is 3. The van der Waals surface area contributed by atoms with Crippen molar-refractivity contribution in [2.24, 2.45) is 11.3 Å². The van der Waals surface area contributed by atoms with Crippen molar-refractivity contribution in [1.82, 2.24) is 0 Å². The number of hydrogen-bond acceptors (Lipinski definition) is 1. The molecule has 0 unspecified atom stereocenters. The van der Waals surface area contributed by atoms with E-state index in [9.17, 15) is 4.79 Å². The minimum Gasteiger partial charge on any atom is -0.481 e. The summed E-state index contributed by atoms with van der Waals surface area (Å²) >= 11 is 0. The van der Waals surface area contributed by atoms with Crippen LogP contribution in [0.5, 0.6) is 0 Å². The first-order valence-corrected chi connectivity index (χ1v) is 7.36. The predicted molar refractivity (Wildman–Crippen MR) is 82.6 cm³/mol. The molecule has 2 rings (SSSR count). The molecule has 0 spiro atoms. The van der Waals surface area contributed by atoms with Crippen LogP contribution in [0.1, 0.15) is 51.2 Å². The van der Waals surface area contributed by atoms with Gasteiger partial charge in [0.05, 0.1) is 6.42 Å². The molecular formula is C18H24O2. The second-order valence-electron chi connectivity index (χ2n) is 6.83. The molecule has 1 N–H and O–H groups in total. The van der Waals surface area contributed by atoms with Gasteiger partial charge in [-0.25, -0.2) is 0 Å². The van der Waals surface area contributed by atoms with Gasteiger partial charge >= 0.3 is 5.97 Å². The summed E-state index contributed by atoms with van der Waals surface area (Å²) in [6.07, 6.45) is 5.99. The SMILES string of the molecule is CC(C)(C)[C@H]1CC=C(c2ccc(CC(=O)O)cc2)CC1. The molecule has 0 heterocycles. The molecule has 0 saturated heterocycles. The Morgan fingerprint density at radius 2 is 1.90 bits per heavy atom. The molecule has 2 nitrogen and oxygen atoms in total. The van der Waals surface area contributed by atoms with E-state index in [1.54, 1.807) is 0 Å². The molecule has 108 valence electrons. The normalized spacial score (nSPS) is 19.6. The average Bonchev–Trinajstić information content (AvgIpc) is 2.38. The van der Waals surface area contributed by atoms with Gasteiger partial charge in [-0.1, -0.05) is 51.1 Å². The molecule has 1 aliphatic carbocycles. The summed E-state index contributed by atoms with van der Waals surface area (Å²) in [5.41, 5.74) is 3.90. The van der Waals surface area contributed by atoms with Crippen molar-refractivity contribution < 1.29 is 9.90 Å². The minimum atomic E-state index is -0.775. The Morgan fingerprint density at radius 1 is 1.25 bits per heavy atom. The topological polar surface area (TPSA) is 37.3 Å². The second kappa shape index (κ2) is 5.82. The smallest absolute Gasteiger partial charge is 0.307 e. The van der Waals surface area contributed by atoms with E-state index in [-0.39, 0.29) is 6.42 Å². The highest BCUT2D eigenvalue weighted by Gasteiger charge is 2.26. The summed E-state index contributed by atoms with van der Waals surface area (Å²) in [5, 5.41) is 8.78. The molecule has 0 amide bonds.